The van der Waals surface area contributed by atoms with Gasteiger partial charge >= 0.3 is 0 Å². The highest BCUT2D eigenvalue weighted by molar-refractivity contribution is 7.14. The first-order chi connectivity index (χ1) is 10.1. The lowest BCUT2D eigenvalue weighted by molar-refractivity contribution is 0.409. The fraction of sp³-hybridized carbons (Fsp3) is 0.0714. The van der Waals surface area contributed by atoms with Crippen LogP contribution in [0.1, 0.15) is 0 Å². The Morgan fingerprint density at radius 1 is 1.38 bits per heavy atom. The third-order valence-corrected chi connectivity index (χ3v) is 4.18. The second-order valence-corrected chi connectivity index (χ2v) is 5.51. The third-order valence-electron chi connectivity index (χ3n) is 2.99. The summed E-state index contributed by atoms with van der Waals surface area (Å²) in [4.78, 5) is 0.691. The van der Waals surface area contributed by atoms with Crippen LogP contribution in [0, 0.1) is 5.82 Å². The number of rotatable bonds is 3. The maximum absolute atomic E-state index is 14.3. The van der Waals surface area contributed by atoms with Crippen molar-refractivity contribution in [3.63, 3.8) is 0 Å². The van der Waals surface area contributed by atoms with Gasteiger partial charge in [-0.1, -0.05) is 28.9 Å². The maximum Gasteiger partial charge on any atom is 0.190 e. The summed E-state index contributed by atoms with van der Waals surface area (Å²) in [5.74, 6) is 0.507. The van der Waals surface area contributed by atoms with E-state index in [2.05, 4.69) is 5.16 Å². The first kappa shape index (κ1) is 13.9. The molecule has 108 valence electrons. The number of methoxy groups -OCH3 is 1. The van der Waals surface area contributed by atoms with E-state index in [4.69, 9.17) is 26.6 Å². The summed E-state index contributed by atoms with van der Waals surface area (Å²) in [7, 11) is 1.55. The van der Waals surface area contributed by atoms with E-state index in [1.165, 1.54) is 17.4 Å². The lowest BCUT2D eigenvalue weighted by Gasteiger charge is -2.05. The van der Waals surface area contributed by atoms with Crippen LogP contribution in [0.4, 0.5) is 10.2 Å². The lowest BCUT2D eigenvalue weighted by Crippen LogP contribution is -1.92. The van der Waals surface area contributed by atoms with Crippen molar-refractivity contribution in [3.05, 3.63) is 40.5 Å². The number of aromatic nitrogens is 1. The Bertz CT molecular complexity index is 800. The molecule has 0 aliphatic heterocycles. The molecule has 0 amide bonds. The molecule has 0 atom stereocenters. The van der Waals surface area contributed by atoms with Gasteiger partial charge in [-0.2, -0.15) is 0 Å². The smallest absolute Gasteiger partial charge is 0.190 e. The minimum Gasteiger partial charge on any atom is -0.495 e. The van der Waals surface area contributed by atoms with Gasteiger partial charge < -0.3 is 15.0 Å². The fourth-order valence-electron chi connectivity index (χ4n) is 2.04. The summed E-state index contributed by atoms with van der Waals surface area (Å²) >= 11 is 7.22. The van der Waals surface area contributed by atoms with E-state index in [-0.39, 0.29) is 16.4 Å². The zero-order valence-corrected chi connectivity index (χ0v) is 12.5. The number of nitrogen functional groups attached to an aromatic ring is 1. The molecule has 3 aromatic rings. The monoisotopic (exact) mass is 324 g/mol. The number of thiophene rings is 1. The molecule has 0 saturated carbocycles. The summed E-state index contributed by atoms with van der Waals surface area (Å²) in [5, 5.41) is 5.59. The molecule has 0 radical (unpaired) electrons. The molecule has 7 heteroatoms. The third kappa shape index (κ3) is 2.26. The minimum absolute atomic E-state index is 0.0113. The number of benzene rings is 1. The van der Waals surface area contributed by atoms with E-state index >= 15 is 0 Å². The molecular weight excluding hydrogens is 315 g/mol. The van der Waals surface area contributed by atoms with Crippen LogP contribution in [-0.2, 0) is 0 Å². The highest BCUT2D eigenvalue weighted by Crippen LogP contribution is 2.44. The molecule has 0 bridgehead atoms. The maximum atomic E-state index is 14.3. The van der Waals surface area contributed by atoms with Crippen LogP contribution in [0.5, 0.6) is 5.75 Å². The van der Waals surface area contributed by atoms with Crippen molar-refractivity contribution in [3.8, 4) is 27.5 Å². The number of anilines is 1. The van der Waals surface area contributed by atoms with Crippen molar-refractivity contribution in [1.29, 1.82) is 0 Å². The molecule has 0 unspecified atom stereocenters. The zero-order chi connectivity index (χ0) is 15.0. The van der Waals surface area contributed by atoms with Crippen LogP contribution in [0.15, 0.2) is 34.2 Å². The van der Waals surface area contributed by atoms with Crippen molar-refractivity contribution in [2.45, 2.75) is 0 Å². The van der Waals surface area contributed by atoms with Crippen molar-refractivity contribution in [1.82, 2.24) is 5.16 Å². The molecule has 1 aromatic carbocycles. The van der Waals surface area contributed by atoms with Crippen molar-refractivity contribution in [2.24, 2.45) is 0 Å². The van der Waals surface area contributed by atoms with Gasteiger partial charge in [0.25, 0.3) is 0 Å². The molecule has 2 heterocycles. The van der Waals surface area contributed by atoms with Gasteiger partial charge in [0.15, 0.2) is 11.6 Å². The van der Waals surface area contributed by atoms with E-state index in [1.54, 1.807) is 25.3 Å². The molecule has 0 spiro atoms. The number of halogens is 2. The van der Waals surface area contributed by atoms with Crippen LogP contribution < -0.4 is 10.5 Å². The Morgan fingerprint density at radius 3 is 2.95 bits per heavy atom. The summed E-state index contributed by atoms with van der Waals surface area (Å²) in [6, 6.07) is 6.47. The van der Waals surface area contributed by atoms with E-state index in [0.29, 0.717) is 22.0 Å². The molecule has 3 rings (SSSR count). The topological polar surface area (TPSA) is 61.3 Å². The van der Waals surface area contributed by atoms with Gasteiger partial charge in [0.05, 0.1) is 17.7 Å². The molecule has 0 fully saturated rings. The molecule has 0 aliphatic carbocycles. The van der Waals surface area contributed by atoms with Gasteiger partial charge in [-0.05, 0) is 17.5 Å². The number of hydrogen-bond donors (Lipinski definition) is 1. The summed E-state index contributed by atoms with van der Waals surface area (Å²) in [6.07, 6.45) is 0. The molecule has 21 heavy (non-hydrogen) atoms. The number of nitrogens with zero attached hydrogens (tertiary/aromatic N) is 1. The highest BCUT2D eigenvalue weighted by Gasteiger charge is 2.24. The van der Waals surface area contributed by atoms with E-state index in [9.17, 15) is 4.39 Å². The standard InChI is InChI=1S/C14H10ClFN2O2S/c1-19-9-5-6-21-13(9)12-10(14(17)18-20-12)7-3-2-4-8(15)11(7)16/h2-6H,1H3,(H2,17,18). The van der Waals surface area contributed by atoms with Crippen LogP contribution in [0.25, 0.3) is 21.8 Å². The highest BCUT2D eigenvalue weighted by atomic mass is 35.5. The van der Waals surface area contributed by atoms with Crippen molar-refractivity contribution < 1.29 is 13.7 Å². The van der Waals surface area contributed by atoms with E-state index in [0.717, 1.165) is 0 Å². The van der Waals surface area contributed by atoms with Gasteiger partial charge in [-0.25, -0.2) is 4.39 Å². The largest absolute Gasteiger partial charge is 0.495 e. The summed E-state index contributed by atoms with van der Waals surface area (Å²) in [5.41, 5.74) is 6.45. The van der Waals surface area contributed by atoms with Crippen LogP contribution in [0.3, 0.4) is 0 Å². The average molecular weight is 325 g/mol. The molecule has 2 N–H and O–H groups in total. The predicted octanol–water partition coefficient (Wildman–Crippen LogP) is 4.45. The van der Waals surface area contributed by atoms with Gasteiger partial charge in [-0.15, -0.1) is 11.3 Å². The van der Waals surface area contributed by atoms with Gasteiger partial charge in [0.1, 0.15) is 16.4 Å². The second kappa shape index (κ2) is 5.38. The summed E-state index contributed by atoms with van der Waals surface area (Å²) < 4.78 is 24.8. The van der Waals surface area contributed by atoms with Crippen LogP contribution >= 0.6 is 22.9 Å². The van der Waals surface area contributed by atoms with Gasteiger partial charge in [-0.3, -0.25) is 0 Å². The van der Waals surface area contributed by atoms with Crippen molar-refractivity contribution >= 4 is 28.8 Å². The summed E-state index contributed by atoms with van der Waals surface area (Å²) in [6.45, 7) is 0. The lowest BCUT2D eigenvalue weighted by atomic mass is 10.0. The molecule has 2 aromatic heterocycles. The minimum atomic E-state index is -0.564. The first-order valence-electron chi connectivity index (χ1n) is 5.95. The Kier molecular flexibility index (Phi) is 3.57. The Balaban J connectivity index is 2.25. The van der Waals surface area contributed by atoms with Gasteiger partial charge in [0.2, 0.25) is 0 Å². The van der Waals surface area contributed by atoms with Crippen LogP contribution in [0.2, 0.25) is 5.02 Å². The Labute approximate surface area is 128 Å². The predicted molar refractivity (Wildman–Crippen MR) is 81.2 cm³/mol. The quantitative estimate of drug-likeness (QED) is 0.773. The molecular formula is C14H10ClFN2O2S. The normalized spacial score (nSPS) is 10.8. The Hall–Kier alpha value is -2.05. The molecule has 0 saturated heterocycles. The zero-order valence-electron chi connectivity index (χ0n) is 10.9. The van der Waals surface area contributed by atoms with E-state index < -0.39 is 5.82 Å². The number of ether oxygens (including phenoxy) is 1. The fourth-order valence-corrected chi connectivity index (χ4v) is 3.05. The Morgan fingerprint density at radius 2 is 2.19 bits per heavy atom. The number of hydrogen-bond acceptors (Lipinski definition) is 5. The second-order valence-electron chi connectivity index (χ2n) is 4.19. The number of nitrogens with two attached hydrogens (primary N) is 1. The van der Waals surface area contributed by atoms with E-state index in [1.807, 2.05) is 5.38 Å². The SMILES string of the molecule is COc1ccsc1-c1onc(N)c1-c1cccc(Cl)c1F. The molecule has 0 aliphatic rings. The average Bonchev–Trinajstić information content (AvgIpc) is 3.08. The van der Waals surface area contributed by atoms with Gasteiger partial charge in [0, 0.05) is 5.56 Å². The van der Waals surface area contributed by atoms with Crippen molar-refractivity contribution in [2.75, 3.05) is 12.8 Å². The first-order valence-corrected chi connectivity index (χ1v) is 7.20. The molecule has 4 nitrogen and oxygen atoms in total. The van der Waals surface area contributed by atoms with Crippen LogP contribution in [-0.4, -0.2) is 12.3 Å².